The number of hydrogen-bond acceptors (Lipinski definition) is 4. The van der Waals surface area contributed by atoms with Gasteiger partial charge in [-0.25, -0.2) is 9.78 Å². The molecule has 166 valence electrons. The first kappa shape index (κ1) is 21.8. The summed E-state index contributed by atoms with van der Waals surface area (Å²) >= 11 is 0. The normalized spacial score (nSPS) is 15.6. The Labute approximate surface area is 189 Å². The monoisotopic (exact) mass is 430 g/mol. The molecular weight excluding hydrogens is 400 g/mol. The number of benzene rings is 2. The van der Waals surface area contributed by atoms with Gasteiger partial charge in [0.05, 0.1) is 31.0 Å². The second-order valence-corrected chi connectivity index (χ2v) is 8.25. The highest BCUT2D eigenvalue weighted by atomic mass is 16.5. The first-order valence-electron chi connectivity index (χ1n) is 11.1. The van der Waals surface area contributed by atoms with Crippen molar-refractivity contribution >= 4 is 11.8 Å². The number of morpholine rings is 1. The molecule has 1 aliphatic rings. The smallest absolute Gasteiger partial charge is 0.315 e. The summed E-state index contributed by atoms with van der Waals surface area (Å²) in [5.41, 5.74) is 2.51. The predicted octanol–water partition coefficient (Wildman–Crippen LogP) is 3.88. The van der Waals surface area contributed by atoms with Crippen molar-refractivity contribution in [3.63, 3.8) is 0 Å². The van der Waals surface area contributed by atoms with Crippen LogP contribution in [0.4, 0.5) is 10.6 Å². The zero-order valence-electron chi connectivity index (χ0n) is 18.5. The Morgan fingerprint density at radius 2 is 1.66 bits per heavy atom. The molecule has 0 radical (unpaired) electrons. The molecule has 1 unspecified atom stereocenters. The van der Waals surface area contributed by atoms with E-state index in [1.807, 2.05) is 54.6 Å². The molecule has 1 fully saturated rings. The minimum Gasteiger partial charge on any atom is -0.378 e. The fourth-order valence-electron chi connectivity index (χ4n) is 4.03. The van der Waals surface area contributed by atoms with Gasteiger partial charge in [0.15, 0.2) is 0 Å². The van der Waals surface area contributed by atoms with Gasteiger partial charge in [-0.15, -0.1) is 0 Å². The highest BCUT2D eigenvalue weighted by Crippen LogP contribution is 2.25. The molecule has 4 rings (SSSR count). The van der Waals surface area contributed by atoms with Gasteiger partial charge < -0.3 is 20.3 Å². The summed E-state index contributed by atoms with van der Waals surface area (Å²) in [6, 6.07) is 26.0. The lowest BCUT2D eigenvalue weighted by molar-refractivity contribution is 0.122. The van der Waals surface area contributed by atoms with Crippen molar-refractivity contribution < 1.29 is 9.53 Å². The number of rotatable bonds is 7. The lowest BCUT2D eigenvalue weighted by atomic mass is 9.85. The van der Waals surface area contributed by atoms with E-state index >= 15 is 0 Å². The van der Waals surface area contributed by atoms with Gasteiger partial charge in [-0.3, -0.25) is 0 Å². The highest BCUT2D eigenvalue weighted by molar-refractivity contribution is 5.75. The quantitative estimate of drug-likeness (QED) is 0.597. The summed E-state index contributed by atoms with van der Waals surface area (Å²) in [5.74, 6) is 0.922. The maximum atomic E-state index is 12.9. The lowest BCUT2D eigenvalue weighted by Crippen LogP contribution is -2.49. The zero-order chi connectivity index (χ0) is 22.2. The average Bonchev–Trinajstić information content (AvgIpc) is 2.85. The van der Waals surface area contributed by atoms with Crippen LogP contribution in [0.2, 0.25) is 0 Å². The Morgan fingerprint density at radius 3 is 2.38 bits per heavy atom. The third-order valence-corrected chi connectivity index (χ3v) is 5.76. The number of hydrogen-bond donors (Lipinski definition) is 2. The molecule has 6 nitrogen and oxygen atoms in total. The Bertz CT molecular complexity index is 1010. The van der Waals surface area contributed by atoms with Crippen LogP contribution in [0.25, 0.3) is 0 Å². The third kappa shape index (κ3) is 5.65. The lowest BCUT2D eigenvalue weighted by Gasteiger charge is -2.32. The standard InChI is InChI=1S/C26H30N4O2/c1-26(22-11-6-3-7-12-22,19-21-9-4-2-5-10-21)29-25(31)27-20-23-13-8-14-24(28-23)30-15-17-32-18-16-30/h2-14H,15-20H2,1H3,(H2,27,29,31). The first-order chi connectivity index (χ1) is 15.6. The third-order valence-electron chi connectivity index (χ3n) is 5.76. The van der Waals surface area contributed by atoms with Gasteiger partial charge in [0.25, 0.3) is 0 Å². The van der Waals surface area contributed by atoms with E-state index in [0.717, 1.165) is 30.2 Å². The minimum absolute atomic E-state index is 0.217. The number of carbonyl (C=O) groups is 1. The Kier molecular flexibility index (Phi) is 7.02. The summed E-state index contributed by atoms with van der Waals surface area (Å²) in [6.45, 7) is 5.52. The van der Waals surface area contributed by atoms with Gasteiger partial charge in [-0.05, 0) is 36.6 Å². The van der Waals surface area contributed by atoms with E-state index in [0.29, 0.717) is 26.2 Å². The molecule has 6 heteroatoms. The zero-order valence-corrected chi connectivity index (χ0v) is 18.5. The van der Waals surface area contributed by atoms with Crippen molar-refractivity contribution in [3.05, 3.63) is 95.7 Å². The van der Waals surface area contributed by atoms with Crippen molar-refractivity contribution in [2.24, 2.45) is 0 Å². The van der Waals surface area contributed by atoms with E-state index in [-0.39, 0.29) is 6.03 Å². The fraction of sp³-hybridized carbons (Fsp3) is 0.308. The van der Waals surface area contributed by atoms with Crippen LogP contribution in [-0.4, -0.2) is 37.3 Å². The van der Waals surface area contributed by atoms with E-state index < -0.39 is 5.54 Å². The van der Waals surface area contributed by atoms with Crippen LogP contribution in [0.3, 0.4) is 0 Å². The SMILES string of the molecule is CC(Cc1ccccc1)(NC(=O)NCc1cccc(N2CCOCC2)n1)c1ccccc1. The van der Waals surface area contributed by atoms with Crippen LogP contribution in [0.1, 0.15) is 23.7 Å². The number of aromatic nitrogens is 1. The Balaban J connectivity index is 1.42. The van der Waals surface area contributed by atoms with E-state index in [1.165, 1.54) is 5.56 Å². The molecular formula is C26H30N4O2. The van der Waals surface area contributed by atoms with Crippen LogP contribution in [0.5, 0.6) is 0 Å². The largest absolute Gasteiger partial charge is 0.378 e. The highest BCUT2D eigenvalue weighted by Gasteiger charge is 2.29. The fourth-order valence-corrected chi connectivity index (χ4v) is 4.03. The maximum absolute atomic E-state index is 12.9. The molecule has 1 aliphatic heterocycles. The van der Waals surface area contributed by atoms with Crippen LogP contribution >= 0.6 is 0 Å². The molecule has 2 amide bonds. The van der Waals surface area contributed by atoms with Crippen molar-refractivity contribution in [2.45, 2.75) is 25.4 Å². The molecule has 0 bridgehead atoms. The van der Waals surface area contributed by atoms with E-state index in [4.69, 9.17) is 9.72 Å². The van der Waals surface area contributed by atoms with Crippen molar-refractivity contribution in [2.75, 3.05) is 31.2 Å². The van der Waals surface area contributed by atoms with Crippen molar-refractivity contribution in [1.29, 1.82) is 0 Å². The molecule has 1 aromatic heterocycles. The number of pyridine rings is 1. The van der Waals surface area contributed by atoms with E-state index in [1.54, 1.807) is 0 Å². The molecule has 1 saturated heterocycles. The second kappa shape index (κ2) is 10.3. The molecule has 0 saturated carbocycles. The number of amides is 2. The molecule has 0 spiro atoms. The Morgan fingerprint density at radius 1 is 0.969 bits per heavy atom. The van der Waals surface area contributed by atoms with Gasteiger partial charge in [-0.2, -0.15) is 0 Å². The molecule has 1 atom stereocenters. The topological polar surface area (TPSA) is 66.5 Å². The van der Waals surface area contributed by atoms with Gasteiger partial charge in [0.1, 0.15) is 5.82 Å². The number of nitrogens with one attached hydrogen (secondary N) is 2. The Hall–Kier alpha value is -3.38. The summed E-state index contributed by atoms with van der Waals surface area (Å²) < 4.78 is 5.42. The molecule has 0 aliphatic carbocycles. The summed E-state index contributed by atoms with van der Waals surface area (Å²) in [7, 11) is 0. The van der Waals surface area contributed by atoms with Crippen LogP contribution in [-0.2, 0) is 23.2 Å². The molecule has 2 heterocycles. The van der Waals surface area contributed by atoms with E-state index in [9.17, 15) is 4.79 Å². The first-order valence-corrected chi connectivity index (χ1v) is 11.1. The molecule has 2 N–H and O–H groups in total. The van der Waals surface area contributed by atoms with Crippen molar-refractivity contribution in [1.82, 2.24) is 15.6 Å². The minimum atomic E-state index is -0.546. The number of anilines is 1. The number of nitrogens with zero attached hydrogens (tertiary/aromatic N) is 2. The number of carbonyl (C=O) groups excluding carboxylic acids is 1. The van der Waals surface area contributed by atoms with Crippen LogP contribution < -0.4 is 15.5 Å². The van der Waals surface area contributed by atoms with Gasteiger partial charge in [-0.1, -0.05) is 66.7 Å². The average molecular weight is 431 g/mol. The molecule has 3 aromatic rings. The van der Waals surface area contributed by atoms with Crippen LogP contribution in [0.15, 0.2) is 78.9 Å². The predicted molar refractivity (Wildman–Crippen MR) is 127 cm³/mol. The summed E-state index contributed by atoms with van der Waals surface area (Å²) in [5, 5.41) is 6.19. The number of ether oxygens (including phenoxy) is 1. The van der Waals surface area contributed by atoms with Gasteiger partial charge >= 0.3 is 6.03 Å². The van der Waals surface area contributed by atoms with Gasteiger partial charge in [0.2, 0.25) is 0 Å². The van der Waals surface area contributed by atoms with Gasteiger partial charge in [0, 0.05) is 13.1 Å². The van der Waals surface area contributed by atoms with Crippen LogP contribution in [0, 0.1) is 0 Å². The summed E-state index contributed by atoms with van der Waals surface area (Å²) in [4.78, 5) is 19.8. The van der Waals surface area contributed by atoms with Crippen molar-refractivity contribution in [3.8, 4) is 0 Å². The molecule has 2 aromatic carbocycles. The molecule has 32 heavy (non-hydrogen) atoms. The van der Waals surface area contributed by atoms with E-state index in [2.05, 4.69) is 46.7 Å². The maximum Gasteiger partial charge on any atom is 0.315 e. The summed E-state index contributed by atoms with van der Waals surface area (Å²) in [6.07, 6.45) is 0.691. The number of urea groups is 1. The second-order valence-electron chi connectivity index (χ2n) is 8.25.